The maximum Gasteiger partial charge on any atom is 0.119 e. The third-order valence-corrected chi connectivity index (χ3v) is 3.44. The standard InChI is InChI=1S/C15H15BrClNO/c1-2-19-13-5-3-4-11(8-13)10-18-15-9-12(16)6-7-14(15)17/h3-9,18H,2,10H2,1H3. The first-order valence-corrected chi connectivity index (χ1v) is 7.27. The summed E-state index contributed by atoms with van der Waals surface area (Å²) in [5, 5.41) is 4.03. The van der Waals surface area contributed by atoms with Crippen LogP contribution in [0.25, 0.3) is 0 Å². The Morgan fingerprint density at radius 2 is 2.05 bits per heavy atom. The van der Waals surface area contributed by atoms with Gasteiger partial charge in [-0.2, -0.15) is 0 Å². The van der Waals surface area contributed by atoms with Gasteiger partial charge in [0, 0.05) is 11.0 Å². The smallest absolute Gasteiger partial charge is 0.119 e. The average molecular weight is 341 g/mol. The highest BCUT2D eigenvalue weighted by molar-refractivity contribution is 9.10. The molecule has 0 unspecified atom stereocenters. The quantitative estimate of drug-likeness (QED) is 0.816. The largest absolute Gasteiger partial charge is 0.494 e. The summed E-state index contributed by atoms with van der Waals surface area (Å²) in [5.74, 6) is 0.891. The Bertz CT molecular complexity index is 560. The van der Waals surface area contributed by atoms with Crippen LogP contribution in [0.3, 0.4) is 0 Å². The predicted octanol–water partition coefficient (Wildman–Crippen LogP) is 5.11. The van der Waals surface area contributed by atoms with Crippen LogP contribution < -0.4 is 10.1 Å². The summed E-state index contributed by atoms with van der Waals surface area (Å²) < 4.78 is 6.48. The molecule has 0 radical (unpaired) electrons. The number of anilines is 1. The number of rotatable bonds is 5. The fraction of sp³-hybridized carbons (Fsp3) is 0.200. The molecule has 0 aromatic heterocycles. The molecule has 0 atom stereocenters. The molecule has 1 N–H and O–H groups in total. The van der Waals surface area contributed by atoms with Crippen molar-refractivity contribution in [3.05, 3.63) is 57.5 Å². The molecule has 2 aromatic rings. The second-order valence-corrected chi connectivity index (χ2v) is 5.38. The molecule has 0 aliphatic rings. The van der Waals surface area contributed by atoms with E-state index in [0.29, 0.717) is 18.2 Å². The highest BCUT2D eigenvalue weighted by Crippen LogP contribution is 2.26. The molecule has 0 saturated heterocycles. The van der Waals surface area contributed by atoms with Gasteiger partial charge in [0.1, 0.15) is 5.75 Å². The van der Waals surface area contributed by atoms with Crippen molar-refractivity contribution in [2.75, 3.05) is 11.9 Å². The second kappa shape index (κ2) is 6.83. The molecule has 0 heterocycles. The number of hydrogen-bond acceptors (Lipinski definition) is 2. The second-order valence-electron chi connectivity index (χ2n) is 4.06. The Morgan fingerprint density at radius 1 is 1.21 bits per heavy atom. The summed E-state index contributed by atoms with van der Waals surface area (Å²) in [6.45, 7) is 3.36. The average Bonchev–Trinajstić information content (AvgIpc) is 2.41. The number of benzene rings is 2. The van der Waals surface area contributed by atoms with Crippen molar-refractivity contribution in [2.45, 2.75) is 13.5 Å². The molecule has 0 bridgehead atoms. The molecular weight excluding hydrogens is 326 g/mol. The van der Waals surface area contributed by atoms with Gasteiger partial charge in [-0.15, -0.1) is 0 Å². The molecule has 4 heteroatoms. The molecule has 0 spiro atoms. The molecule has 2 aromatic carbocycles. The van der Waals surface area contributed by atoms with Crippen molar-refractivity contribution in [3.8, 4) is 5.75 Å². The number of hydrogen-bond donors (Lipinski definition) is 1. The lowest BCUT2D eigenvalue weighted by Gasteiger charge is -2.10. The molecule has 0 amide bonds. The lowest BCUT2D eigenvalue weighted by molar-refractivity contribution is 0.340. The molecule has 2 nitrogen and oxygen atoms in total. The number of halogens is 2. The summed E-state index contributed by atoms with van der Waals surface area (Å²) in [7, 11) is 0. The molecule has 0 aliphatic heterocycles. The summed E-state index contributed by atoms with van der Waals surface area (Å²) >= 11 is 9.57. The van der Waals surface area contributed by atoms with Crippen LogP contribution in [0.2, 0.25) is 5.02 Å². The van der Waals surface area contributed by atoms with Gasteiger partial charge in [-0.25, -0.2) is 0 Å². The maximum atomic E-state index is 6.14. The van der Waals surface area contributed by atoms with Crippen LogP contribution in [0.1, 0.15) is 12.5 Å². The van der Waals surface area contributed by atoms with E-state index >= 15 is 0 Å². The fourth-order valence-electron chi connectivity index (χ4n) is 1.74. The molecule has 0 saturated carbocycles. The summed E-state index contributed by atoms with van der Waals surface area (Å²) in [5.41, 5.74) is 2.07. The van der Waals surface area contributed by atoms with Crippen molar-refractivity contribution in [1.82, 2.24) is 0 Å². The SMILES string of the molecule is CCOc1cccc(CNc2cc(Br)ccc2Cl)c1. The van der Waals surface area contributed by atoms with Crippen molar-refractivity contribution >= 4 is 33.2 Å². The minimum absolute atomic E-state index is 0.675. The van der Waals surface area contributed by atoms with Gasteiger partial charge in [0.05, 0.1) is 17.3 Å². The highest BCUT2D eigenvalue weighted by atomic mass is 79.9. The number of nitrogens with one attached hydrogen (secondary N) is 1. The van der Waals surface area contributed by atoms with Gasteiger partial charge in [-0.3, -0.25) is 0 Å². The lowest BCUT2D eigenvalue weighted by atomic mass is 10.2. The van der Waals surface area contributed by atoms with Gasteiger partial charge in [-0.05, 0) is 42.8 Å². The Balaban J connectivity index is 2.05. The van der Waals surface area contributed by atoms with Gasteiger partial charge in [0.15, 0.2) is 0 Å². The zero-order valence-electron chi connectivity index (χ0n) is 10.6. The highest BCUT2D eigenvalue weighted by Gasteiger charge is 2.02. The van der Waals surface area contributed by atoms with E-state index in [2.05, 4.69) is 27.3 Å². The minimum Gasteiger partial charge on any atom is -0.494 e. The number of ether oxygens (including phenoxy) is 1. The fourth-order valence-corrected chi connectivity index (χ4v) is 2.29. The first kappa shape index (κ1) is 14.2. The zero-order chi connectivity index (χ0) is 13.7. The van der Waals surface area contributed by atoms with Gasteiger partial charge in [0.2, 0.25) is 0 Å². The van der Waals surface area contributed by atoms with Crippen LogP contribution in [0.15, 0.2) is 46.9 Å². The first-order chi connectivity index (χ1) is 9.19. The van der Waals surface area contributed by atoms with Gasteiger partial charge in [0.25, 0.3) is 0 Å². The monoisotopic (exact) mass is 339 g/mol. The normalized spacial score (nSPS) is 10.3. The lowest BCUT2D eigenvalue weighted by Crippen LogP contribution is -2.00. The van der Waals surface area contributed by atoms with E-state index < -0.39 is 0 Å². The van der Waals surface area contributed by atoms with Crippen molar-refractivity contribution in [3.63, 3.8) is 0 Å². The van der Waals surface area contributed by atoms with Crippen LogP contribution in [0.5, 0.6) is 5.75 Å². The molecule has 2 rings (SSSR count). The Hall–Kier alpha value is -1.19. The molecule has 0 aliphatic carbocycles. The molecule has 0 fully saturated rings. The van der Waals surface area contributed by atoms with Crippen LogP contribution >= 0.6 is 27.5 Å². The predicted molar refractivity (Wildman–Crippen MR) is 84.1 cm³/mol. The van der Waals surface area contributed by atoms with Crippen molar-refractivity contribution in [1.29, 1.82) is 0 Å². The molecule has 19 heavy (non-hydrogen) atoms. The first-order valence-electron chi connectivity index (χ1n) is 6.09. The van der Waals surface area contributed by atoms with Crippen LogP contribution in [-0.4, -0.2) is 6.61 Å². The Kier molecular flexibility index (Phi) is 5.11. The third kappa shape index (κ3) is 4.15. The van der Waals surface area contributed by atoms with Gasteiger partial charge in [-0.1, -0.05) is 39.7 Å². The van der Waals surface area contributed by atoms with E-state index in [1.54, 1.807) is 0 Å². The van der Waals surface area contributed by atoms with E-state index in [1.807, 2.05) is 43.3 Å². The minimum atomic E-state index is 0.675. The molecule has 100 valence electrons. The Labute approximate surface area is 126 Å². The zero-order valence-corrected chi connectivity index (χ0v) is 13.0. The van der Waals surface area contributed by atoms with Crippen molar-refractivity contribution in [2.24, 2.45) is 0 Å². The summed E-state index contributed by atoms with van der Waals surface area (Å²) in [4.78, 5) is 0. The van der Waals surface area contributed by atoms with E-state index in [-0.39, 0.29) is 0 Å². The third-order valence-electron chi connectivity index (χ3n) is 2.62. The van der Waals surface area contributed by atoms with Crippen LogP contribution in [-0.2, 0) is 6.54 Å². The van der Waals surface area contributed by atoms with Crippen LogP contribution in [0, 0.1) is 0 Å². The topological polar surface area (TPSA) is 21.3 Å². The van der Waals surface area contributed by atoms with E-state index in [4.69, 9.17) is 16.3 Å². The van der Waals surface area contributed by atoms with Crippen LogP contribution in [0.4, 0.5) is 5.69 Å². The summed E-state index contributed by atoms with van der Waals surface area (Å²) in [6, 6.07) is 13.8. The Morgan fingerprint density at radius 3 is 2.84 bits per heavy atom. The van der Waals surface area contributed by atoms with E-state index in [9.17, 15) is 0 Å². The van der Waals surface area contributed by atoms with Gasteiger partial charge >= 0.3 is 0 Å². The van der Waals surface area contributed by atoms with Gasteiger partial charge < -0.3 is 10.1 Å². The molecular formula is C15H15BrClNO. The van der Waals surface area contributed by atoms with Crippen molar-refractivity contribution < 1.29 is 4.74 Å². The summed E-state index contributed by atoms with van der Waals surface area (Å²) in [6.07, 6.45) is 0. The van der Waals surface area contributed by atoms with E-state index in [1.165, 1.54) is 0 Å². The maximum absolute atomic E-state index is 6.14. The van der Waals surface area contributed by atoms with E-state index in [0.717, 1.165) is 21.5 Å².